The molecule has 78 valence electrons. The SMILES string of the molecule is CN(C)c1cccc(-c2nc(I)no2)c1. The Kier molecular flexibility index (Phi) is 2.90. The minimum absolute atomic E-state index is 0.558. The van der Waals surface area contributed by atoms with E-state index in [-0.39, 0.29) is 0 Å². The second kappa shape index (κ2) is 4.18. The Labute approximate surface area is 101 Å². The maximum Gasteiger partial charge on any atom is 0.258 e. The Morgan fingerprint density at radius 3 is 2.73 bits per heavy atom. The number of hydrogen-bond acceptors (Lipinski definition) is 4. The molecule has 0 aliphatic rings. The second-order valence-corrected chi connectivity index (χ2v) is 4.28. The molecule has 0 bridgehead atoms. The minimum Gasteiger partial charge on any atom is -0.378 e. The van der Waals surface area contributed by atoms with Gasteiger partial charge in [0.05, 0.1) is 0 Å². The van der Waals surface area contributed by atoms with Gasteiger partial charge in [-0.3, -0.25) is 0 Å². The molecule has 5 heteroatoms. The fraction of sp³-hybridized carbons (Fsp3) is 0.200. The van der Waals surface area contributed by atoms with Gasteiger partial charge in [-0.1, -0.05) is 11.2 Å². The van der Waals surface area contributed by atoms with Crippen molar-refractivity contribution in [2.45, 2.75) is 0 Å². The molecule has 0 aliphatic heterocycles. The predicted octanol–water partition coefficient (Wildman–Crippen LogP) is 2.41. The quantitative estimate of drug-likeness (QED) is 0.798. The fourth-order valence-electron chi connectivity index (χ4n) is 1.24. The maximum absolute atomic E-state index is 5.10. The summed E-state index contributed by atoms with van der Waals surface area (Å²) in [6.07, 6.45) is 0. The van der Waals surface area contributed by atoms with Gasteiger partial charge in [-0.15, -0.1) is 0 Å². The van der Waals surface area contributed by atoms with E-state index in [1.165, 1.54) is 0 Å². The molecule has 0 aliphatic carbocycles. The van der Waals surface area contributed by atoms with Gasteiger partial charge in [0.1, 0.15) is 0 Å². The lowest BCUT2D eigenvalue weighted by atomic mass is 10.2. The fourth-order valence-corrected chi connectivity index (χ4v) is 1.56. The lowest BCUT2D eigenvalue weighted by Crippen LogP contribution is -2.08. The van der Waals surface area contributed by atoms with Crippen molar-refractivity contribution in [3.63, 3.8) is 0 Å². The van der Waals surface area contributed by atoms with E-state index in [4.69, 9.17) is 4.52 Å². The summed E-state index contributed by atoms with van der Waals surface area (Å²) in [5.74, 6) is 0.558. The first-order valence-corrected chi connectivity index (χ1v) is 5.51. The third-order valence-corrected chi connectivity index (χ3v) is 2.45. The van der Waals surface area contributed by atoms with Gasteiger partial charge in [-0.05, 0) is 18.2 Å². The molecule has 0 saturated heterocycles. The molecule has 2 aromatic rings. The van der Waals surface area contributed by atoms with Crippen LogP contribution in [0.1, 0.15) is 0 Å². The van der Waals surface area contributed by atoms with Crippen LogP contribution in [0.2, 0.25) is 0 Å². The maximum atomic E-state index is 5.10. The first kappa shape index (κ1) is 10.4. The van der Waals surface area contributed by atoms with Crippen molar-refractivity contribution in [2.75, 3.05) is 19.0 Å². The molecule has 0 amide bonds. The van der Waals surface area contributed by atoms with Gasteiger partial charge in [0.25, 0.3) is 5.89 Å². The van der Waals surface area contributed by atoms with Gasteiger partial charge < -0.3 is 9.42 Å². The molecule has 1 aromatic carbocycles. The normalized spacial score (nSPS) is 10.3. The van der Waals surface area contributed by atoms with Crippen molar-refractivity contribution in [3.05, 3.63) is 28.1 Å². The van der Waals surface area contributed by atoms with E-state index < -0.39 is 0 Å². The van der Waals surface area contributed by atoms with E-state index in [9.17, 15) is 0 Å². The van der Waals surface area contributed by atoms with E-state index in [2.05, 4.69) is 10.1 Å². The summed E-state index contributed by atoms with van der Waals surface area (Å²) in [5, 5.41) is 3.75. The average molecular weight is 315 g/mol. The van der Waals surface area contributed by atoms with Crippen molar-refractivity contribution in [1.29, 1.82) is 0 Å². The summed E-state index contributed by atoms with van der Waals surface area (Å²) < 4.78 is 5.72. The monoisotopic (exact) mass is 315 g/mol. The van der Waals surface area contributed by atoms with Crippen LogP contribution in [0.25, 0.3) is 11.5 Å². The number of anilines is 1. The third kappa shape index (κ3) is 2.28. The zero-order chi connectivity index (χ0) is 10.8. The highest BCUT2D eigenvalue weighted by atomic mass is 127. The molecule has 15 heavy (non-hydrogen) atoms. The van der Waals surface area contributed by atoms with E-state index in [1.54, 1.807) is 0 Å². The van der Waals surface area contributed by atoms with Crippen LogP contribution in [0, 0.1) is 3.83 Å². The molecule has 1 aromatic heterocycles. The zero-order valence-corrected chi connectivity index (χ0v) is 10.6. The largest absolute Gasteiger partial charge is 0.378 e. The number of aromatic nitrogens is 2. The Bertz CT molecular complexity index is 467. The molecule has 0 radical (unpaired) electrons. The Morgan fingerprint density at radius 2 is 2.13 bits per heavy atom. The van der Waals surface area contributed by atoms with Crippen LogP contribution < -0.4 is 4.90 Å². The lowest BCUT2D eigenvalue weighted by Gasteiger charge is -2.12. The molecular formula is C10H10IN3O. The van der Waals surface area contributed by atoms with Crippen LogP contribution in [-0.2, 0) is 0 Å². The molecule has 2 rings (SSSR count). The van der Waals surface area contributed by atoms with E-state index >= 15 is 0 Å². The molecule has 4 nitrogen and oxygen atoms in total. The van der Waals surface area contributed by atoms with Crippen LogP contribution in [0.4, 0.5) is 5.69 Å². The molecule has 0 saturated carbocycles. The molecule has 0 fully saturated rings. The van der Waals surface area contributed by atoms with Crippen molar-refractivity contribution >= 4 is 28.3 Å². The van der Waals surface area contributed by atoms with Crippen LogP contribution in [0.15, 0.2) is 28.8 Å². The highest BCUT2D eigenvalue weighted by Gasteiger charge is 2.07. The molecule has 0 spiro atoms. The second-order valence-electron chi connectivity index (χ2n) is 3.31. The van der Waals surface area contributed by atoms with Gasteiger partial charge >= 0.3 is 0 Å². The van der Waals surface area contributed by atoms with Crippen molar-refractivity contribution in [1.82, 2.24) is 10.1 Å². The number of rotatable bonds is 2. The number of nitrogens with zero attached hydrogens (tertiary/aromatic N) is 3. The molecule has 1 heterocycles. The van der Waals surface area contributed by atoms with Crippen molar-refractivity contribution in [3.8, 4) is 11.5 Å². The van der Waals surface area contributed by atoms with Gasteiger partial charge in [-0.2, -0.15) is 4.98 Å². The van der Waals surface area contributed by atoms with Crippen molar-refractivity contribution in [2.24, 2.45) is 0 Å². The first-order valence-electron chi connectivity index (χ1n) is 4.44. The van der Waals surface area contributed by atoms with Gasteiger partial charge in [0, 0.05) is 47.9 Å². The summed E-state index contributed by atoms with van der Waals surface area (Å²) in [6.45, 7) is 0. The molecule has 0 atom stereocenters. The highest BCUT2D eigenvalue weighted by Crippen LogP contribution is 2.22. The third-order valence-electron chi connectivity index (χ3n) is 2.01. The van der Waals surface area contributed by atoms with Crippen LogP contribution >= 0.6 is 22.6 Å². The minimum atomic E-state index is 0.558. The summed E-state index contributed by atoms with van der Waals surface area (Å²) in [5.41, 5.74) is 2.05. The van der Waals surface area contributed by atoms with E-state index in [1.807, 2.05) is 65.9 Å². The zero-order valence-electron chi connectivity index (χ0n) is 8.44. The van der Waals surface area contributed by atoms with Crippen LogP contribution in [-0.4, -0.2) is 24.2 Å². The Balaban J connectivity index is 2.41. The summed E-state index contributed by atoms with van der Waals surface area (Å²) >= 11 is 2.02. The summed E-state index contributed by atoms with van der Waals surface area (Å²) in [6, 6.07) is 7.98. The topological polar surface area (TPSA) is 42.2 Å². The Hall–Kier alpha value is -1.11. The first-order chi connectivity index (χ1) is 7.16. The molecule has 0 unspecified atom stereocenters. The summed E-state index contributed by atoms with van der Waals surface area (Å²) in [7, 11) is 3.99. The average Bonchev–Trinajstić information content (AvgIpc) is 2.65. The highest BCUT2D eigenvalue weighted by molar-refractivity contribution is 14.1. The number of hydrogen-bond donors (Lipinski definition) is 0. The standard InChI is InChI=1S/C10H10IN3O/c1-14(2)8-5-3-4-7(6-8)9-12-10(11)13-15-9/h3-6H,1-2H3. The Morgan fingerprint density at radius 1 is 1.33 bits per heavy atom. The van der Waals surface area contributed by atoms with Gasteiger partial charge in [0.15, 0.2) is 0 Å². The lowest BCUT2D eigenvalue weighted by molar-refractivity contribution is 0.426. The smallest absolute Gasteiger partial charge is 0.258 e. The van der Waals surface area contributed by atoms with Gasteiger partial charge in [-0.25, -0.2) is 0 Å². The van der Waals surface area contributed by atoms with Crippen LogP contribution in [0.3, 0.4) is 0 Å². The predicted molar refractivity (Wildman–Crippen MR) is 66.8 cm³/mol. The number of halogens is 1. The molecule has 0 N–H and O–H groups in total. The van der Waals surface area contributed by atoms with Crippen LogP contribution in [0.5, 0.6) is 0 Å². The van der Waals surface area contributed by atoms with E-state index in [0.29, 0.717) is 9.72 Å². The molecular weight excluding hydrogens is 305 g/mol. The van der Waals surface area contributed by atoms with E-state index in [0.717, 1.165) is 11.3 Å². The summed E-state index contributed by atoms with van der Waals surface area (Å²) in [4.78, 5) is 6.20. The van der Waals surface area contributed by atoms with Gasteiger partial charge in [0.2, 0.25) is 3.83 Å². The number of benzene rings is 1. The van der Waals surface area contributed by atoms with Crippen molar-refractivity contribution < 1.29 is 4.52 Å².